The maximum Gasteiger partial charge on any atom is 0.123 e. The van der Waals surface area contributed by atoms with Crippen LogP contribution in [-0.4, -0.2) is 9.13 Å². The summed E-state index contributed by atoms with van der Waals surface area (Å²) in [5.74, 6) is -0.251. The van der Waals surface area contributed by atoms with Gasteiger partial charge in [0.25, 0.3) is 0 Å². The number of nitrogens with zero attached hydrogens (tertiary/aromatic N) is 3. The smallest absolute Gasteiger partial charge is 0.123 e. The van der Waals surface area contributed by atoms with Gasteiger partial charge in [-0.25, -0.2) is 4.39 Å². The Hall–Kier alpha value is -6.69. The molecule has 0 unspecified atom stereocenters. The normalized spacial score (nSPS) is 11.9. The van der Waals surface area contributed by atoms with Crippen LogP contribution in [0.4, 0.5) is 21.5 Å². The molecule has 0 aliphatic heterocycles. The van der Waals surface area contributed by atoms with Crippen LogP contribution in [0.1, 0.15) is 0 Å². The van der Waals surface area contributed by atoms with E-state index in [2.05, 4.69) is 160 Å². The van der Waals surface area contributed by atoms with Gasteiger partial charge in [-0.15, -0.1) is 11.3 Å². The van der Waals surface area contributed by atoms with E-state index in [9.17, 15) is 0 Å². The Morgan fingerprint density at radius 1 is 0.396 bits per heavy atom. The number of rotatable bonds is 5. The first-order valence-corrected chi connectivity index (χ1v) is 18.6. The zero-order valence-electron chi connectivity index (χ0n) is 28.4. The Kier molecular flexibility index (Phi) is 6.60. The Morgan fingerprint density at radius 3 is 1.75 bits per heavy atom. The van der Waals surface area contributed by atoms with Crippen molar-refractivity contribution in [1.82, 2.24) is 9.13 Å². The van der Waals surface area contributed by atoms with Gasteiger partial charge in [0.15, 0.2) is 0 Å². The molecule has 250 valence electrons. The molecule has 0 N–H and O–H groups in total. The lowest BCUT2D eigenvalue weighted by molar-refractivity contribution is 0.629. The number of hydrogen-bond acceptors (Lipinski definition) is 2. The molecular weight excluding hydrogens is 670 g/mol. The van der Waals surface area contributed by atoms with Gasteiger partial charge in [-0.1, -0.05) is 84.9 Å². The largest absolute Gasteiger partial charge is 0.309 e. The molecule has 3 heterocycles. The number of thiophene rings is 1. The molecule has 3 nitrogen and oxygen atoms in total. The Labute approximate surface area is 308 Å². The number of para-hydroxylation sites is 4. The van der Waals surface area contributed by atoms with E-state index in [0.717, 1.165) is 61.3 Å². The average Bonchev–Trinajstić information content (AvgIpc) is 3.86. The minimum atomic E-state index is -0.251. The molecule has 0 aliphatic rings. The molecule has 0 aliphatic carbocycles. The topological polar surface area (TPSA) is 13.1 Å². The second kappa shape index (κ2) is 11.7. The van der Waals surface area contributed by atoms with Crippen LogP contribution in [-0.2, 0) is 0 Å². The van der Waals surface area contributed by atoms with Crippen LogP contribution in [0.5, 0.6) is 0 Å². The van der Waals surface area contributed by atoms with E-state index >= 15 is 4.39 Å². The number of aromatic nitrogens is 2. The van der Waals surface area contributed by atoms with Gasteiger partial charge in [-0.2, -0.15) is 0 Å². The van der Waals surface area contributed by atoms with Crippen molar-refractivity contribution < 1.29 is 4.39 Å². The van der Waals surface area contributed by atoms with Crippen molar-refractivity contribution in [3.05, 3.63) is 188 Å². The van der Waals surface area contributed by atoms with E-state index in [-0.39, 0.29) is 5.82 Å². The summed E-state index contributed by atoms with van der Waals surface area (Å²) in [6.07, 6.45) is 0. The summed E-state index contributed by atoms with van der Waals surface area (Å²) in [5.41, 5.74) is 9.49. The number of halogens is 1. The van der Waals surface area contributed by atoms with Crippen LogP contribution >= 0.6 is 11.3 Å². The molecule has 0 saturated carbocycles. The lowest BCUT2D eigenvalue weighted by Crippen LogP contribution is -2.11. The highest BCUT2D eigenvalue weighted by molar-refractivity contribution is 7.25. The van der Waals surface area contributed by atoms with E-state index in [1.54, 1.807) is 12.1 Å². The highest BCUT2D eigenvalue weighted by Gasteiger charge is 2.23. The molecule has 53 heavy (non-hydrogen) atoms. The maximum absolute atomic E-state index is 15.1. The number of benzene rings is 8. The molecule has 5 heteroatoms. The van der Waals surface area contributed by atoms with Crippen molar-refractivity contribution in [2.75, 3.05) is 4.90 Å². The second-order valence-electron chi connectivity index (χ2n) is 13.5. The van der Waals surface area contributed by atoms with Gasteiger partial charge in [-0.3, -0.25) is 0 Å². The minimum absolute atomic E-state index is 0.251. The van der Waals surface area contributed by atoms with Crippen LogP contribution in [0.25, 0.3) is 75.2 Å². The summed E-state index contributed by atoms with van der Waals surface area (Å²) >= 11 is 1.82. The predicted molar refractivity (Wildman–Crippen MR) is 223 cm³/mol. The van der Waals surface area contributed by atoms with Crippen LogP contribution in [0, 0.1) is 5.82 Å². The van der Waals surface area contributed by atoms with Crippen molar-refractivity contribution in [2.24, 2.45) is 0 Å². The molecule has 11 rings (SSSR count). The molecule has 0 amide bonds. The number of anilines is 3. The van der Waals surface area contributed by atoms with Gasteiger partial charge in [0.05, 0.1) is 27.8 Å². The quantitative estimate of drug-likeness (QED) is 0.174. The monoisotopic (exact) mass is 699 g/mol. The zero-order valence-corrected chi connectivity index (χ0v) is 29.3. The van der Waals surface area contributed by atoms with E-state index in [1.807, 2.05) is 35.6 Å². The van der Waals surface area contributed by atoms with Crippen LogP contribution in [0.15, 0.2) is 182 Å². The van der Waals surface area contributed by atoms with Crippen molar-refractivity contribution in [3.63, 3.8) is 0 Å². The van der Waals surface area contributed by atoms with E-state index in [1.165, 1.54) is 30.9 Å². The third-order valence-corrected chi connectivity index (χ3v) is 11.7. The zero-order chi connectivity index (χ0) is 35.0. The Bertz CT molecular complexity index is 3190. The van der Waals surface area contributed by atoms with Gasteiger partial charge in [0.2, 0.25) is 0 Å². The highest BCUT2D eigenvalue weighted by atomic mass is 32.1. The number of hydrogen-bond donors (Lipinski definition) is 0. The maximum atomic E-state index is 15.1. The van der Waals surface area contributed by atoms with Crippen molar-refractivity contribution in [1.29, 1.82) is 0 Å². The summed E-state index contributed by atoms with van der Waals surface area (Å²) in [5, 5.41) is 6.72. The summed E-state index contributed by atoms with van der Waals surface area (Å²) in [4.78, 5) is 2.39. The van der Waals surface area contributed by atoms with Gasteiger partial charge in [-0.05, 0) is 97.1 Å². The first-order valence-electron chi connectivity index (χ1n) is 17.8. The summed E-state index contributed by atoms with van der Waals surface area (Å²) in [7, 11) is 0. The molecule has 0 atom stereocenters. The molecule has 0 fully saturated rings. The predicted octanol–water partition coefficient (Wildman–Crippen LogP) is 13.9. The summed E-state index contributed by atoms with van der Waals surface area (Å²) in [6.45, 7) is 0. The second-order valence-corrected chi connectivity index (χ2v) is 14.6. The van der Waals surface area contributed by atoms with Gasteiger partial charge in [0.1, 0.15) is 5.82 Å². The number of fused-ring (bicyclic) bond motifs is 9. The molecular formula is C48H30FN3S. The van der Waals surface area contributed by atoms with Crippen molar-refractivity contribution >= 4 is 92.2 Å². The molecule has 11 aromatic rings. The van der Waals surface area contributed by atoms with Crippen LogP contribution in [0.2, 0.25) is 0 Å². The van der Waals surface area contributed by atoms with Crippen LogP contribution in [0.3, 0.4) is 0 Å². The van der Waals surface area contributed by atoms with Crippen LogP contribution < -0.4 is 4.90 Å². The third-order valence-electron chi connectivity index (χ3n) is 10.5. The summed E-state index contributed by atoms with van der Waals surface area (Å²) in [6, 6.07) is 63.4. The first-order chi connectivity index (χ1) is 26.2. The molecule has 3 aromatic heterocycles. The van der Waals surface area contributed by atoms with E-state index < -0.39 is 0 Å². The molecule has 0 radical (unpaired) electrons. The van der Waals surface area contributed by atoms with Crippen molar-refractivity contribution in [3.8, 4) is 11.4 Å². The third kappa shape index (κ3) is 4.57. The van der Waals surface area contributed by atoms with Gasteiger partial charge in [0, 0.05) is 64.5 Å². The Morgan fingerprint density at radius 2 is 0.962 bits per heavy atom. The van der Waals surface area contributed by atoms with Crippen molar-refractivity contribution in [2.45, 2.75) is 0 Å². The first kappa shape index (κ1) is 30.0. The molecule has 0 saturated heterocycles. The molecule has 0 spiro atoms. The fourth-order valence-corrected chi connectivity index (χ4v) is 9.37. The van der Waals surface area contributed by atoms with E-state index in [0.29, 0.717) is 0 Å². The van der Waals surface area contributed by atoms with E-state index in [4.69, 9.17) is 0 Å². The fraction of sp³-hybridized carbons (Fsp3) is 0. The minimum Gasteiger partial charge on any atom is -0.309 e. The highest BCUT2D eigenvalue weighted by Crippen LogP contribution is 2.46. The molecule has 8 aromatic carbocycles. The average molecular weight is 700 g/mol. The standard InChI is InChI=1S/C48H30FN3S/c49-31-22-25-43-39(28-31)40-29-34(23-26-44(40)51(43)32-12-3-1-4-13-32)50(35-24-27-47-41(30-35)37-17-8-10-21-46(37)53-47)45-20-11-18-38-36-16-7-9-19-42(36)52(48(38)45)33-14-5-2-6-15-33/h1-30H. The lowest BCUT2D eigenvalue weighted by atomic mass is 10.1. The SMILES string of the molecule is Fc1ccc2c(c1)c1cc(N(c3ccc4sc5ccccc5c4c3)c3cccc4c5ccccc5n(-c5ccccc5)c34)ccc1n2-c1ccccc1. The van der Waals surface area contributed by atoms with Gasteiger partial charge >= 0.3 is 0 Å². The summed E-state index contributed by atoms with van der Waals surface area (Å²) < 4.78 is 22.2. The molecule has 0 bridgehead atoms. The van der Waals surface area contributed by atoms with Gasteiger partial charge < -0.3 is 14.0 Å². The Balaban J connectivity index is 1.25. The fourth-order valence-electron chi connectivity index (χ4n) is 8.28. The lowest BCUT2D eigenvalue weighted by Gasteiger charge is -2.27.